The van der Waals surface area contributed by atoms with Crippen LogP contribution in [0.4, 0.5) is 11.4 Å². The quantitative estimate of drug-likeness (QED) is 0.701. The third-order valence-corrected chi connectivity index (χ3v) is 5.56. The zero-order chi connectivity index (χ0) is 16.9. The van der Waals surface area contributed by atoms with Gasteiger partial charge < -0.3 is 14.5 Å². The largest absolute Gasteiger partial charge is 0.494 e. The molecule has 1 aliphatic rings. The molecule has 24 heavy (non-hydrogen) atoms. The van der Waals surface area contributed by atoms with E-state index in [1.165, 1.54) is 21.2 Å². The third-order valence-electron chi connectivity index (χ3n) is 4.44. The van der Waals surface area contributed by atoms with Gasteiger partial charge in [0, 0.05) is 22.9 Å². The Morgan fingerprint density at radius 1 is 0.958 bits per heavy atom. The summed E-state index contributed by atoms with van der Waals surface area (Å²) in [7, 11) is 0. The third kappa shape index (κ3) is 3.55. The molecule has 0 aliphatic carbocycles. The predicted molar refractivity (Wildman–Crippen MR) is 103 cm³/mol. The molecule has 2 aromatic rings. The van der Waals surface area contributed by atoms with E-state index in [1.54, 1.807) is 0 Å². The van der Waals surface area contributed by atoms with E-state index in [9.17, 15) is 0 Å². The molecule has 1 heterocycles. The van der Waals surface area contributed by atoms with E-state index in [-0.39, 0.29) is 0 Å². The summed E-state index contributed by atoms with van der Waals surface area (Å²) >= 11 is 1.84. The molecule has 0 atom stereocenters. The number of likely N-dealkylation sites (N-methyl/N-ethyl adjacent to an activating group) is 1. The van der Waals surface area contributed by atoms with Crippen LogP contribution < -0.4 is 9.64 Å². The number of ether oxygens (including phenoxy) is 1. The van der Waals surface area contributed by atoms with Gasteiger partial charge in [-0.05, 0) is 50.3 Å². The van der Waals surface area contributed by atoms with Crippen LogP contribution in [0.3, 0.4) is 0 Å². The molecule has 0 saturated heterocycles. The lowest BCUT2D eigenvalue weighted by Crippen LogP contribution is -2.33. The van der Waals surface area contributed by atoms with Gasteiger partial charge in [-0.25, -0.2) is 0 Å². The number of benzene rings is 2. The lowest BCUT2D eigenvalue weighted by atomic mass is 10.2. The van der Waals surface area contributed by atoms with Crippen LogP contribution >= 0.6 is 11.8 Å². The topological polar surface area (TPSA) is 15.7 Å². The minimum atomic E-state index is 0.700. The average Bonchev–Trinajstić information content (AvgIpc) is 2.61. The summed E-state index contributed by atoms with van der Waals surface area (Å²) in [5.41, 5.74) is 2.60. The van der Waals surface area contributed by atoms with Gasteiger partial charge >= 0.3 is 0 Å². The second-order valence-corrected chi connectivity index (χ2v) is 6.89. The zero-order valence-corrected chi connectivity index (χ0v) is 15.6. The smallest absolute Gasteiger partial charge is 0.120 e. The molecule has 4 heteroatoms. The van der Waals surface area contributed by atoms with E-state index < -0.39 is 0 Å². The lowest BCUT2D eigenvalue weighted by Gasteiger charge is -2.34. The van der Waals surface area contributed by atoms with E-state index in [0.717, 1.165) is 31.9 Å². The Hall–Kier alpha value is -1.65. The molecule has 0 radical (unpaired) electrons. The zero-order valence-electron chi connectivity index (χ0n) is 14.8. The molecule has 128 valence electrons. The summed E-state index contributed by atoms with van der Waals surface area (Å²) < 4.78 is 5.69. The fourth-order valence-electron chi connectivity index (χ4n) is 3.09. The van der Waals surface area contributed by atoms with Crippen LogP contribution in [0.15, 0.2) is 52.3 Å². The Bertz CT molecular complexity index is 685. The molecule has 3 nitrogen and oxygen atoms in total. The first-order valence-corrected chi connectivity index (χ1v) is 9.62. The highest BCUT2D eigenvalue weighted by Gasteiger charge is 2.23. The van der Waals surface area contributed by atoms with Crippen LogP contribution in [-0.2, 0) is 0 Å². The van der Waals surface area contributed by atoms with Crippen molar-refractivity contribution in [2.75, 3.05) is 37.7 Å². The molecule has 0 spiro atoms. The molecule has 0 amide bonds. The van der Waals surface area contributed by atoms with E-state index in [1.807, 2.05) is 18.7 Å². The average molecular weight is 343 g/mol. The van der Waals surface area contributed by atoms with Crippen LogP contribution in [0.1, 0.15) is 20.8 Å². The summed E-state index contributed by atoms with van der Waals surface area (Å²) in [5.74, 6) is 0.951. The highest BCUT2D eigenvalue weighted by molar-refractivity contribution is 7.99. The normalized spacial score (nSPS) is 12.9. The second-order valence-electron chi connectivity index (χ2n) is 5.81. The van der Waals surface area contributed by atoms with E-state index in [0.29, 0.717) is 6.61 Å². The van der Waals surface area contributed by atoms with Crippen LogP contribution in [0, 0.1) is 0 Å². The molecule has 0 aromatic heterocycles. The number of para-hydroxylation sites is 1. The summed E-state index contributed by atoms with van der Waals surface area (Å²) in [6.45, 7) is 11.4. The Morgan fingerprint density at radius 2 is 1.71 bits per heavy atom. The van der Waals surface area contributed by atoms with Gasteiger partial charge in [0.25, 0.3) is 0 Å². The molecule has 1 aliphatic heterocycles. The first-order valence-electron chi connectivity index (χ1n) is 8.80. The molecule has 3 rings (SSSR count). The Morgan fingerprint density at radius 3 is 2.46 bits per heavy atom. The second kappa shape index (κ2) is 7.95. The number of hydrogen-bond acceptors (Lipinski definition) is 4. The lowest BCUT2D eigenvalue weighted by molar-refractivity contribution is 0.312. The van der Waals surface area contributed by atoms with Crippen molar-refractivity contribution in [3.05, 3.63) is 42.5 Å². The van der Waals surface area contributed by atoms with Crippen LogP contribution in [0.2, 0.25) is 0 Å². The van der Waals surface area contributed by atoms with Crippen molar-refractivity contribution < 1.29 is 4.74 Å². The van der Waals surface area contributed by atoms with Gasteiger partial charge in [-0.2, -0.15) is 0 Å². The van der Waals surface area contributed by atoms with Crippen LogP contribution in [0.5, 0.6) is 5.75 Å². The van der Waals surface area contributed by atoms with E-state index >= 15 is 0 Å². The fourth-order valence-corrected chi connectivity index (χ4v) is 4.22. The van der Waals surface area contributed by atoms with Crippen molar-refractivity contribution >= 4 is 23.1 Å². The molecular weight excluding hydrogens is 316 g/mol. The first kappa shape index (κ1) is 17.2. The minimum Gasteiger partial charge on any atom is -0.494 e. The molecule has 0 fully saturated rings. The van der Waals surface area contributed by atoms with Crippen molar-refractivity contribution in [3.63, 3.8) is 0 Å². The molecular formula is C20H26N2OS. The Labute approximate surface area is 149 Å². The minimum absolute atomic E-state index is 0.700. The molecule has 0 saturated carbocycles. The molecule has 2 aromatic carbocycles. The summed E-state index contributed by atoms with van der Waals surface area (Å²) in [4.78, 5) is 7.52. The Kier molecular flexibility index (Phi) is 5.69. The SMILES string of the molecule is CCOc1ccc2c(c1)Sc1ccccc1N2CCN(CC)CC. The highest BCUT2D eigenvalue weighted by atomic mass is 32.2. The van der Waals surface area contributed by atoms with Gasteiger partial charge in [0.15, 0.2) is 0 Å². The Balaban J connectivity index is 1.92. The molecule has 0 unspecified atom stereocenters. The van der Waals surface area contributed by atoms with Crippen molar-refractivity contribution in [2.45, 2.75) is 30.6 Å². The van der Waals surface area contributed by atoms with Crippen molar-refractivity contribution in [3.8, 4) is 5.75 Å². The van der Waals surface area contributed by atoms with Crippen LogP contribution in [-0.4, -0.2) is 37.7 Å². The highest BCUT2D eigenvalue weighted by Crippen LogP contribution is 2.48. The first-order chi connectivity index (χ1) is 11.8. The number of rotatable bonds is 7. The van der Waals surface area contributed by atoms with Gasteiger partial charge in [-0.3, -0.25) is 0 Å². The van der Waals surface area contributed by atoms with Gasteiger partial charge in [-0.1, -0.05) is 37.7 Å². The maximum Gasteiger partial charge on any atom is 0.120 e. The summed E-state index contributed by atoms with van der Waals surface area (Å²) in [5, 5.41) is 0. The summed E-state index contributed by atoms with van der Waals surface area (Å²) in [6.07, 6.45) is 0. The molecule has 0 bridgehead atoms. The van der Waals surface area contributed by atoms with E-state index in [2.05, 4.69) is 66.1 Å². The number of anilines is 2. The van der Waals surface area contributed by atoms with Gasteiger partial charge in [0.05, 0.1) is 18.0 Å². The maximum absolute atomic E-state index is 5.69. The van der Waals surface area contributed by atoms with Gasteiger partial charge in [0.1, 0.15) is 5.75 Å². The number of nitrogens with zero attached hydrogens (tertiary/aromatic N) is 2. The number of fused-ring (bicyclic) bond motifs is 2. The fraction of sp³-hybridized carbons (Fsp3) is 0.400. The monoisotopic (exact) mass is 342 g/mol. The summed E-state index contributed by atoms with van der Waals surface area (Å²) in [6, 6.07) is 15.1. The maximum atomic E-state index is 5.69. The van der Waals surface area contributed by atoms with E-state index in [4.69, 9.17) is 4.74 Å². The number of hydrogen-bond donors (Lipinski definition) is 0. The predicted octanol–water partition coefficient (Wildman–Crippen LogP) is 5.03. The van der Waals surface area contributed by atoms with Gasteiger partial charge in [-0.15, -0.1) is 0 Å². The standard InChI is InChI=1S/C20H26N2OS/c1-4-21(5-2)13-14-22-17-9-7-8-10-19(17)24-20-15-16(23-6-3)11-12-18(20)22/h7-12,15H,4-6,13-14H2,1-3H3. The van der Waals surface area contributed by atoms with Crippen molar-refractivity contribution in [1.82, 2.24) is 4.90 Å². The van der Waals surface area contributed by atoms with Crippen molar-refractivity contribution in [1.29, 1.82) is 0 Å². The van der Waals surface area contributed by atoms with Gasteiger partial charge in [0.2, 0.25) is 0 Å². The van der Waals surface area contributed by atoms with Crippen molar-refractivity contribution in [2.24, 2.45) is 0 Å². The molecule has 0 N–H and O–H groups in total. The van der Waals surface area contributed by atoms with Crippen LogP contribution in [0.25, 0.3) is 0 Å².